The number of nitrogens with zero attached hydrogens (tertiary/aromatic N) is 1. The number of aromatic nitrogens is 1. The van der Waals surface area contributed by atoms with E-state index < -0.39 is 16.9 Å². The Morgan fingerprint density at radius 1 is 1.28 bits per heavy atom. The lowest BCUT2D eigenvalue weighted by Gasteiger charge is -2.58. The van der Waals surface area contributed by atoms with Crippen LogP contribution in [0.4, 0.5) is 0 Å². The summed E-state index contributed by atoms with van der Waals surface area (Å²) in [5, 5.41) is 15.3. The van der Waals surface area contributed by atoms with Gasteiger partial charge in [-0.1, -0.05) is 45.0 Å². The molecular weight excluding hydrogens is 388 g/mol. The fraction of sp³-hybridized carbons (Fsp3) is 0.500. The van der Waals surface area contributed by atoms with E-state index in [4.69, 9.17) is 4.74 Å². The number of carbonyl (C=O) groups excluding carboxylic acids is 1. The maximum absolute atomic E-state index is 12.7. The standard InChI is InChI=1S/C22H28N2O4S/c1-5-14-7-9-15(10-8-14)19-23-16(13-29-19)11-18(25)24-22(20(26)27)12-17(28-6-2)21(22,3)4/h7-10,13,17H,5-6,11-12H2,1-4H3,(H,24,25)(H,26,27). The molecule has 1 aromatic carbocycles. The van der Waals surface area contributed by atoms with E-state index in [0.29, 0.717) is 12.3 Å². The lowest BCUT2D eigenvalue weighted by molar-refractivity contribution is -0.194. The van der Waals surface area contributed by atoms with Gasteiger partial charge in [-0.15, -0.1) is 11.3 Å². The molecule has 0 radical (unpaired) electrons. The molecular formula is C22H28N2O4S. The Labute approximate surface area is 175 Å². The second-order valence-electron chi connectivity index (χ2n) is 8.00. The highest BCUT2D eigenvalue weighted by atomic mass is 32.1. The predicted molar refractivity (Wildman–Crippen MR) is 113 cm³/mol. The van der Waals surface area contributed by atoms with E-state index in [9.17, 15) is 14.7 Å². The Bertz CT molecular complexity index is 890. The maximum Gasteiger partial charge on any atom is 0.330 e. The number of aliphatic carboxylic acids is 1. The Kier molecular flexibility index (Phi) is 6.10. The number of hydrogen-bond acceptors (Lipinski definition) is 5. The van der Waals surface area contributed by atoms with E-state index in [1.54, 1.807) is 0 Å². The van der Waals surface area contributed by atoms with Crippen molar-refractivity contribution >= 4 is 23.2 Å². The van der Waals surface area contributed by atoms with Gasteiger partial charge < -0.3 is 15.2 Å². The van der Waals surface area contributed by atoms with Crippen LogP contribution in [-0.4, -0.2) is 40.2 Å². The van der Waals surface area contributed by atoms with Crippen molar-refractivity contribution in [2.75, 3.05) is 6.61 Å². The summed E-state index contributed by atoms with van der Waals surface area (Å²) in [4.78, 5) is 29.2. The third-order valence-corrected chi connectivity index (χ3v) is 6.92. The molecule has 1 aromatic heterocycles. The molecule has 3 rings (SSSR count). The summed E-state index contributed by atoms with van der Waals surface area (Å²) < 4.78 is 5.64. The van der Waals surface area contributed by atoms with E-state index in [2.05, 4.69) is 29.4 Å². The van der Waals surface area contributed by atoms with Gasteiger partial charge in [-0.3, -0.25) is 4.79 Å². The number of carbonyl (C=O) groups is 2. The van der Waals surface area contributed by atoms with Crippen molar-refractivity contribution in [1.82, 2.24) is 10.3 Å². The van der Waals surface area contributed by atoms with Crippen LogP contribution in [0.25, 0.3) is 10.6 Å². The number of aryl methyl sites for hydroxylation is 1. The van der Waals surface area contributed by atoms with Gasteiger partial charge in [-0.2, -0.15) is 0 Å². The molecule has 1 aliphatic carbocycles. The number of rotatable bonds is 8. The van der Waals surface area contributed by atoms with Gasteiger partial charge in [0.05, 0.1) is 18.2 Å². The fourth-order valence-electron chi connectivity index (χ4n) is 3.89. The molecule has 1 saturated carbocycles. The Balaban J connectivity index is 1.69. The van der Waals surface area contributed by atoms with Gasteiger partial charge >= 0.3 is 5.97 Å². The predicted octanol–water partition coefficient (Wildman–Crippen LogP) is 3.69. The molecule has 2 N–H and O–H groups in total. The highest BCUT2D eigenvalue weighted by Gasteiger charge is 2.66. The Morgan fingerprint density at radius 2 is 1.97 bits per heavy atom. The second kappa shape index (κ2) is 8.24. The first kappa shape index (κ1) is 21.5. The highest BCUT2D eigenvalue weighted by Crippen LogP contribution is 2.51. The molecule has 1 amide bonds. The van der Waals surface area contributed by atoms with E-state index in [-0.39, 0.29) is 24.9 Å². The van der Waals surface area contributed by atoms with Crippen LogP contribution in [0.3, 0.4) is 0 Å². The average Bonchev–Trinajstić information content (AvgIpc) is 3.15. The summed E-state index contributed by atoms with van der Waals surface area (Å²) in [5.41, 5.74) is 0.899. The van der Waals surface area contributed by atoms with Crippen LogP contribution < -0.4 is 5.32 Å². The normalized spacial score (nSPS) is 22.7. The van der Waals surface area contributed by atoms with Gasteiger partial charge in [-0.05, 0) is 18.9 Å². The molecule has 1 fully saturated rings. The summed E-state index contributed by atoms with van der Waals surface area (Å²) in [6, 6.07) is 8.22. The minimum atomic E-state index is -1.32. The maximum atomic E-state index is 12.7. The molecule has 2 aromatic rings. The van der Waals surface area contributed by atoms with E-state index in [1.807, 2.05) is 38.3 Å². The minimum Gasteiger partial charge on any atom is -0.479 e. The van der Waals surface area contributed by atoms with Crippen molar-refractivity contribution in [3.05, 3.63) is 40.9 Å². The van der Waals surface area contributed by atoms with Crippen molar-refractivity contribution in [3.8, 4) is 10.6 Å². The van der Waals surface area contributed by atoms with Crippen LogP contribution in [0.5, 0.6) is 0 Å². The quantitative estimate of drug-likeness (QED) is 0.685. The number of thiazole rings is 1. The summed E-state index contributed by atoms with van der Waals surface area (Å²) in [5.74, 6) is -1.37. The molecule has 6 nitrogen and oxygen atoms in total. The smallest absolute Gasteiger partial charge is 0.330 e. The number of carboxylic acid groups (broad SMARTS) is 1. The molecule has 7 heteroatoms. The molecule has 1 heterocycles. The number of ether oxygens (including phenoxy) is 1. The number of benzene rings is 1. The number of nitrogens with one attached hydrogen (secondary N) is 1. The first-order valence-electron chi connectivity index (χ1n) is 9.93. The first-order chi connectivity index (χ1) is 13.7. The van der Waals surface area contributed by atoms with Gasteiger partial charge in [0.1, 0.15) is 10.5 Å². The van der Waals surface area contributed by atoms with E-state index >= 15 is 0 Å². The third-order valence-electron chi connectivity index (χ3n) is 5.98. The summed E-state index contributed by atoms with van der Waals surface area (Å²) >= 11 is 1.48. The molecule has 0 saturated heterocycles. The zero-order valence-corrected chi connectivity index (χ0v) is 18.1. The molecule has 2 atom stereocenters. The SMILES string of the molecule is CCOC1CC(NC(=O)Cc2csc(-c3ccc(CC)cc3)n2)(C(=O)O)C1(C)C. The average molecular weight is 417 g/mol. The zero-order chi connectivity index (χ0) is 21.2. The van der Waals surface area contributed by atoms with Gasteiger partial charge in [0.25, 0.3) is 0 Å². The minimum absolute atomic E-state index is 0.0496. The number of hydrogen-bond donors (Lipinski definition) is 2. The summed E-state index contributed by atoms with van der Waals surface area (Å²) in [6.07, 6.45) is 1.10. The van der Waals surface area contributed by atoms with Crippen LogP contribution in [0, 0.1) is 5.41 Å². The molecule has 0 spiro atoms. The molecule has 2 unspecified atom stereocenters. The molecule has 1 aliphatic rings. The Morgan fingerprint density at radius 3 is 2.52 bits per heavy atom. The van der Waals surface area contributed by atoms with Crippen LogP contribution in [0.15, 0.2) is 29.6 Å². The van der Waals surface area contributed by atoms with Gasteiger partial charge in [0.2, 0.25) is 5.91 Å². The van der Waals surface area contributed by atoms with Crippen molar-refractivity contribution < 1.29 is 19.4 Å². The van der Waals surface area contributed by atoms with E-state index in [0.717, 1.165) is 17.0 Å². The van der Waals surface area contributed by atoms with Crippen LogP contribution in [0.1, 0.15) is 45.4 Å². The first-order valence-corrected chi connectivity index (χ1v) is 10.8. The summed E-state index contributed by atoms with van der Waals surface area (Å²) in [7, 11) is 0. The summed E-state index contributed by atoms with van der Waals surface area (Å²) in [6.45, 7) is 8.15. The fourth-order valence-corrected chi connectivity index (χ4v) is 4.71. The largest absolute Gasteiger partial charge is 0.479 e. The van der Waals surface area contributed by atoms with Crippen LogP contribution in [-0.2, 0) is 27.2 Å². The van der Waals surface area contributed by atoms with Crippen molar-refractivity contribution in [3.63, 3.8) is 0 Å². The molecule has 0 aliphatic heterocycles. The lowest BCUT2D eigenvalue weighted by atomic mass is 9.54. The van der Waals surface area contributed by atoms with Gasteiger partial charge in [0, 0.05) is 29.4 Å². The monoisotopic (exact) mass is 416 g/mol. The highest BCUT2D eigenvalue weighted by molar-refractivity contribution is 7.13. The topological polar surface area (TPSA) is 88.5 Å². The zero-order valence-electron chi connectivity index (χ0n) is 17.3. The van der Waals surface area contributed by atoms with Crippen LogP contribution >= 0.6 is 11.3 Å². The third kappa shape index (κ3) is 3.94. The molecule has 156 valence electrons. The molecule has 0 bridgehead atoms. The van der Waals surface area contributed by atoms with Gasteiger partial charge in [0.15, 0.2) is 0 Å². The van der Waals surface area contributed by atoms with Crippen molar-refractivity contribution in [2.24, 2.45) is 5.41 Å². The van der Waals surface area contributed by atoms with Gasteiger partial charge in [-0.25, -0.2) is 9.78 Å². The Hall–Kier alpha value is -2.25. The second-order valence-corrected chi connectivity index (χ2v) is 8.86. The van der Waals surface area contributed by atoms with Crippen molar-refractivity contribution in [2.45, 2.75) is 58.6 Å². The number of carboxylic acids is 1. The molecule has 29 heavy (non-hydrogen) atoms. The van der Waals surface area contributed by atoms with E-state index in [1.165, 1.54) is 16.9 Å². The van der Waals surface area contributed by atoms with Crippen molar-refractivity contribution in [1.29, 1.82) is 0 Å². The van der Waals surface area contributed by atoms with Crippen LogP contribution in [0.2, 0.25) is 0 Å². The number of amides is 1. The lowest BCUT2D eigenvalue weighted by Crippen LogP contribution is -2.76.